The van der Waals surface area contributed by atoms with Crippen LogP contribution in [0.15, 0.2) is 53.6 Å². The maximum atomic E-state index is 12.3. The van der Waals surface area contributed by atoms with Crippen LogP contribution in [0.2, 0.25) is 0 Å². The van der Waals surface area contributed by atoms with Gasteiger partial charge in [0, 0.05) is 10.9 Å². The van der Waals surface area contributed by atoms with Crippen molar-refractivity contribution in [3.05, 3.63) is 70.9 Å². The third-order valence-electron chi connectivity index (χ3n) is 3.62. The number of hydrogen-bond donors (Lipinski definition) is 2. The maximum absolute atomic E-state index is 12.3. The van der Waals surface area contributed by atoms with E-state index in [9.17, 15) is 4.79 Å². The fourth-order valence-electron chi connectivity index (χ4n) is 2.43. The van der Waals surface area contributed by atoms with Crippen molar-refractivity contribution in [3.8, 4) is 0 Å². The molecule has 0 unspecified atom stereocenters. The van der Waals surface area contributed by atoms with Gasteiger partial charge in [-0.05, 0) is 37.1 Å². The zero-order valence-corrected chi connectivity index (χ0v) is 12.6. The molecule has 0 spiro atoms. The van der Waals surface area contributed by atoms with Gasteiger partial charge >= 0.3 is 0 Å². The fraction of sp³-hybridized carbons (Fsp3) is 0.111. The van der Waals surface area contributed by atoms with Crippen LogP contribution >= 0.6 is 0 Å². The molecule has 1 aromatic heterocycles. The van der Waals surface area contributed by atoms with Gasteiger partial charge in [-0.25, -0.2) is 5.43 Å². The minimum atomic E-state index is -0.237. The summed E-state index contributed by atoms with van der Waals surface area (Å²) in [5.41, 5.74) is 7.11. The maximum Gasteiger partial charge on any atom is 0.288 e. The molecule has 2 N–H and O–H groups in total. The van der Waals surface area contributed by atoms with Crippen LogP contribution in [0.1, 0.15) is 27.2 Å². The summed E-state index contributed by atoms with van der Waals surface area (Å²) in [4.78, 5) is 15.4. The zero-order chi connectivity index (χ0) is 15.5. The number of H-pyrrole nitrogens is 1. The van der Waals surface area contributed by atoms with Gasteiger partial charge in [-0.2, -0.15) is 5.10 Å². The van der Waals surface area contributed by atoms with Gasteiger partial charge in [0.15, 0.2) is 0 Å². The van der Waals surface area contributed by atoms with Crippen LogP contribution in [0.3, 0.4) is 0 Å². The van der Waals surface area contributed by atoms with E-state index in [1.54, 1.807) is 6.21 Å². The van der Waals surface area contributed by atoms with Gasteiger partial charge in [-0.15, -0.1) is 0 Å². The van der Waals surface area contributed by atoms with E-state index in [4.69, 9.17) is 0 Å². The molecule has 0 atom stereocenters. The van der Waals surface area contributed by atoms with Crippen molar-refractivity contribution in [1.82, 2.24) is 10.4 Å². The number of nitrogens with zero attached hydrogens (tertiary/aromatic N) is 1. The molecule has 0 aliphatic rings. The van der Waals surface area contributed by atoms with Gasteiger partial charge in [0.05, 0.1) is 6.21 Å². The lowest BCUT2D eigenvalue weighted by atomic mass is 10.1. The minimum Gasteiger partial charge on any atom is -0.350 e. The molecule has 110 valence electrons. The third kappa shape index (κ3) is 2.76. The van der Waals surface area contributed by atoms with Crippen LogP contribution < -0.4 is 5.43 Å². The molecule has 0 radical (unpaired) electrons. The van der Waals surface area contributed by atoms with Crippen LogP contribution in [0.4, 0.5) is 0 Å². The second-order valence-electron chi connectivity index (χ2n) is 5.28. The van der Waals surface area contributed by atoms with E-state index in [1.807, 2.05) is 56.3 Å². The van der Waals surface area contributed by atoms with E-state index in [2.05, 4.69) is 21.6 Å². The number of amides is 1. The number of fused-ring (bicyclic) bond motifs is 1. The summed E-state index contributed by atoms with van der Waals surface area (Å²) < 4.78 is 0. The Bertz CT molecular complexity index is 847. The van der Waals surface area contributed by atoms with Crippen molar-refractivity contribution in [2.75, 3.05) is 0 Å². The predicted octanol–water partition coefficient (Wildman–Crippen LogP) is 3.55. The van der Waals surface area contributed by atoms with Crippen molar-refractivity contribution < 1.29 is 4.79 Å². The SMILES string of the molecule is Cc1ccc2[nH]c(C(=O)NN=Cc3ccccc3)c(C)c2c1. The van der Waals surface area contributed by atoms with Gasteiger partial charge in [0.2, 0.25) is 0 Å². The highest BCUT2D eigenvalue weighted by atomic mass is 16.2. The molecule has 4 heteroatoms. The van der Waals surface area contributed by atoms with Gasteiger partial charge < -0.3 is 4.98 Å². The number of aryl methyl sites for hydroxylation is 2. The molecule has 0 saturated heterocycles. The van der Waals surface area contributed by atoms with Crippen LogP contribution in [-0.2, 0) is 0 Å². The lowest BCUT2D eigenvalue weighted by Crippen LogP contribution is -2.18. The summed E-state index contributed by atoms with van der Waals surface area (Å²) in [6, 6.07) is 15.7. The Labute approximate surface area is 128 Å². The Morgan fingerprint density at radius 1 is 1.14 bits per heavy atom. The number of carbonyl (C=O) groups excluding carboxylic acids is 1. The molecular formula is C18H17N3O. The normalized spacial score (nSPS) is 11.2. The van der Waals surface area contributed by atoms with Crippen molar-refractivity contribution in [2.24, 2.45) is 5.10 Å². The van der Waals surface area contributed by atoms with E-state index in [1.165, 1.54) is 5.56 Å². The largest absolute Gasteiger partial charge is 0.350 e. The van der Waals surface area contributed by atoms with Gasteiger partial charge in [0.25, 0.3) is 5.91 Å². The summed E-state index contributed by atoms with van der Waals surface area (Å²) in [6.45, 7) is 3.98. The molecule has 0 aliphatic heterocycles. The number of aromatic amines is 1. The van der Waals surface area contributed by atoms with E-state index in [-0.39, 0.29) is 5.91 Å². The van der Waals surface area contributed by atoms with E-state index < -0.39 is 0 Å². The highest BCUT2D eigenvalue weighted by Crippen LogP contribution is 2.22. The smallest absolute Gasteiger partial charge is 0.288 e. The van der Waals surface area contributed by atoms with Crippen LogP contribution in [-0.4, -0.2) is 17.1 Å². The van der Waals surface area contributed by atoms with E-state index >= 15 is 0 Å². The third-order valence-corrected chi connectivity index (χ3v) is 3.62. The number of carbonyl (C=O) groups is 1. The lowest BCUT2D eigenvalue weighted by Gasteiger charge is -1.98. The summed E-state index contributed by atoms with van der Waals surface area (Å²) in [7, 11) is 0. The Hall–Kier alpha value is -2.88. The van der Waals surface area contributed by atoms with Crippen molar-refractivity contribution in [3.63, 3.8) is 0 Å². The molecule has 0 aliphatic carbocycles. The van der Waals surface area contributed by atoms with Crippen LogP contribution in [0.25, 0.3) is 10.9 Å². The Morgan fingerprint density at radius 2 is 1.91 bits per heavy atom. The van der Waals surface area contributed by atoms with Gasteiger partial charge in [0.1, 0.15) is 5.69 Å². The molecule has 2 aromatic carbocycles. The molecule has 1 heterocycles. The number of nitrogens with one attached hydrogen (secondary N) is 2. The molecule has 0 bridgehead atoms. The monoisotopic (exact) mass is 291 g/mol. The standard InChI is InChI=1S/C18H17N3O/c1-12-8-9-16-15(10-12)13(2)17(20-16)18(22)21-19-11-14-6-4-3-5-7-14/h3-11,20H,1-2H3,(H,21,22). The van der Waals surface area contributed by atoms with Crippen molar-refractivity contribution in [2.45, 2.75) is 13.8 Å². The van der Waals surface area contributed by atoms with E-state index in [0.29, 0.717) is 5.69 Å². The lowest BCUT2D eigenvalue weighted by molar-refractivity contribution is 0.0950. The molecule has 4 nitrogen and oxygen atoms in total. The highest BCUT2D eigenvalue weighted by Gasteiger charge is 2.14. The summed E-state index contributed by atoms with van der Waals surface area (Å²) in [6.07, 6.45) is 1.63. The summed E-state index contributed by atoms with van der Waals surface area (Å²) in [5.74, 6) is -0.237. The molecule has 1 amide bonds. The average Bonchev–Trinajstić information content (AvgIpc) is 2.85. The molecule has 22 heavy (non-hydrogen) atoms. The predicted molar refractivity (Wildman–Crippen MR) is 89.3 cm³/mol. The molecule has 0 saturated carbocycles. The average molecular weight is 291 g/mol. The summed E-state index contributed by atoms with van der Waals surface area (Å²) >= 11 is 0. The molecular weight excluding hydrogens is 274 g/mol. The summed E-state index contributed by atoms with van der Waals surface area (Å²) in [5, 5.41) is 5.07. The van der Waals surface area contributed by atoms with Gasteiger partial charge in [-0.1, -0.05) is 42.0 Å². The minimum absolute atomic E-state index is 0.237. The highest BCUT2D eigenvalue weighted by molar-refractivity contribution is 6.01. The Balaban J connectivity index is 1.81. The second-order valence-corrected chi connectivity index (χ2v) is 5.28. The zero-order valence-electron chi connectivity index (χ0n) is 12.6. The first-order valence-corrected chi connectivity index (χ1v) is 7.12. The van der Waals surface area contributed by atoms with E-state index in [0.717, 1.165) is 22.0 Å². The second kappa shape index (κ2) is 5.85. The fourth-order valence-corrected chi connectivity index (χ4v) is 2.43. The Kier molecular flexibility index (Phi) is 3.74. The first-order valence-electron chi connectivity index (χ1n) is 7.12. The number of aromatic nitrogens is 1. The van der Waals surface area contributed by atoms with Crippen LogP contribution in [0.5, 0.6) is 0 Å². The number of hydrazone groups is 1. The van der Waals surface area contributed by atoms with Crippen molar-refractivity contribution >= 4 is 23.0 Å². The first kappa shape index (κ1) is 14.1. The first-order chi connectivity index (χ1) is 10.6. The topological polar surface area (TPSA) is 57.2 Å². The Morgan fingerprint density at radius 3 is 2.68 bits per heavy atom. The quantitative estimate of drug-likeness (QED) is 0.562. The molecule has 3 rings (SSSR count). The van der Waals surface area contributed by atoms with Crippen LogP contribution in [0, 0.1) is 13.8 Å². The molecule has 3 aromatic rings. The van der Waals surface area contributed by atoms with Gasteiger partial charge in [-0.3, -0.25) is 4.79 Å². The number of benzene rings is 2. The number of hydrogen-bond acceptors (Lipinski definition) is 2. The number of rotatable bonds is 3. The molecule has 0 fully saturated rings. The van der Waals surface area contributed by atoms with Crippen molar-refractivity contribution in [1.29, 1.82) is 0 Å².